The average Bonchev–Trinajstić information content (AvgIpc) is 2.09. The normalized spacial score (nSPS) is 12.0. The molecule has 1 aromatic carbocycles. The maximum absolute atomic E-state index is 13.1. The molecule has 0 radical (unpaired) electrons. The van der Waals surface area contributed by atoms with E-state index >= 15 is 0 Å². The number of halogens is 7. The molecule has 1 rings (SSSR count). The van der Waals surface area contributed by atoms with Crippen LogP contribution in [0.4, 0.5) is 21.4 Å². The van der Waals surface area contributed by atoms with Crippen molar-refractivity contribution in [2.24, 2.45) is 0 Å². The van der Waals surface area contributed by atoms with Gasteiger partial charge in [-0.15, -0.1) is 0 Å². The van der Waals surface area contributed by atoms with Crippen molar-refractivity contribution in [1.29, 1.82) is 0 Å². The summed E-state index contributed by atoms with van der Waals surface area (Å²) in [5.41, 5.74) is 0. The van der Waals surface area contributed by atoms with E-state index in [1.807, 2.05) is 0 Å². The Kier molecular flexibility index (Phi) is 3.32. The smallest absolute Gasteiger partial charge is 0.265 e. The van der Waals surface area contributed by atoms with Gasteiger partial charge in [-0.1, -0.05) is 23.2 Å². The van der Waals surface area contributed by atoms with Crippen LogP contribution in [0.1, 0.15) is 0 Å². The molecule has 0 bridgehead atoms. The van der Waals surface area contributed by atoms with Crippen molar-refractivity contribution < 1.29 is 21.4 Å². The molecule has 1 aromatic rings. The van der Waals surface area contributed by atoms with Crippen LogP contribution in [0.5, 0.6) is 0 Å². The summed E-state index contributed by atoms with van der Waals surface area (Å²) in [4.78, 5) is 0. The third kappa shape index (κ3) is 2.11. The van der Waals surface area contributed by atoms with Gasteiger partial charge in [0.2, 0.25) is 0 Å². The Morgan fingerprint density at radius 2 is 1.27 bits per heavy atom. The summed E-state index contributed by atoms with van der Waals surface area (Å²) in [6, 6.07) is 0. The Balaban J connectivity index is 3.68. The van der Waals surface area contributed by atoms with Gasteiger partial charge in [0.1, 0.15) is 5.02 Å². The van der Waals surface area contributed by atoms with Gasteiger partial charge < -0.3 is 0 Å². The van der Waals surface area contributed by atoms with Gasteiger partial charge in [0.15, 0.2) is 17.5 Å². The van der Waals surface area contributed by atoms with Crippen molar-refractivity contribution >= 4 is 37.1 Å². The predicted molar refractivity (Wildman–Crippen MR) is 49.8 cm³/mol. The van der Waals surface area contributed by atoms with Crippen molar-refractivity contribution in [2.45, 2.75) is 6.55 Å². The van der Waals surface area contributed by atoms with Gasteiger partial charge in [0.25, 0.3) is 0 Å². The van der Waals surface area contributed by atoms with E-state index in [4.69, 9.17) is 23.2 Å². The minimum Gasteiger partial charge on any atom is -0.265 e. The lowest BCUT2D eigenvalue weighted by atomic mass is 10.3. The van der Waals surface area contributed by atoms with Crippen molar-refractivity contribution in [3.63, 3.8) is 0 Å². The molecule has 15 heavy (non-hydrogen) atoms. The Labute approximate surface area is 93.0 Å². The minimum absolute atomic E-state index is 0.435. The lowest BCUT2D eigenvalue weighted by Gasteiger charge is -2.13. The van der Waals surface area contributed by atoms with Crippen LogP contribution in [0.15, 0.2) is 0 Å². The van der Waals surface area contributed by atoms with Crippen LogP contribution < -0.4 is 5.19 Å². The molecule has 0 fully saturated rings. The first kappa shape index (κ1) is 12.7. The summed E-state index contributed by atoms with van der Waals surface area (Å²) < 4.78 is 64.7. The zero-order chi connectivity index (χ0) is 12.0. The predicted octanol–water partition coefficient (Wildman–Crippen LogP) is 3.63. The molecule has 0 amide bonds. The monoisotopic (exact) mass is 280 g/mol. The Morgan fingerprint density at radius 3 is 1.67 bits per heavy atom. The molecule has 0 aliphatic rings. The highest BCUT2D eigenvalue weighted by atomic mass is 35.5. The van der Waals surface area contributed by atoms with E-state index in [2.05, 4.69) is 0 Å². The lowest BCUT2D eigenvalue weighted by molar-refractivity contribution is 0.496. The fraction of sp³-hybridized carbons (Fsp3) is 0.143. The van der Waals surface area contributed by atoms with E-state index < -0.39 is 41.4 Å². The largest absolute Gasteiger partial charge is 0.457 e. The fourth-order valence-corrected chi connectivity index (χ4v) is 2.92. The molecule has 8 heteroatoms. The Hall–Kier alpha value is -0.333. The first-order valence-electron chi connectivity index (χ1n) is 3.57. The highest BCUT2D eigenvalue weighted by Gasteiger charge is 2.40. The molecule has 0 heterocycles. The van der Waals surface area contributed by atoms with Crippen molar-refractivity contribution in [2.75, 3.05) is 0 Å². The second kappa shape index (κ2) is 3.91. The molecule has 0 nitrogen and oxygen atoms in total. The zero-order valence-electron chi connectivity index (χ0n) is 7.15. The fourth-order valence-electron chi connectivity index (χ4n) is 0.990. The van der Waals surface area contributed by atoms with Gasteiger partial charge in [0.05, 0.1) is 10.2 Å². The number of hydrogen-bond donors (Lipinski definition) is 0. The van der Waals surface area contributed by atoms with E-state index in [-0.39, 0.29) is 0 Å². The van der Waals surface area contributed by atoms with Gasteiger partial charge in [-0.2, -0.15) is 0 Å². The van der Waals surface area contributed by atoms with Crippen molar-refractivity contribution in [3.05, 3.63) is 27.5 Å². The molecule has 84 valence electrons. The summed E-state index contributed by atoms with van der Waals surface area (Å²) in [6.45, 7) is 0.435. The summed E-state index contributed by atoms with van der Waals surface area (Å²) >= 11 is 10.1. The standard InChI is InChI=1S/C7H3Cl2F5Si/c1-15(13,14)7-3(9)5(11)4(10)2(8)6(7)12/h1H3. The summed E-state index contributed by atoms with van der Waals surface area (Å²) in [6.07, 6.45) is 0. The highest BCUT2D eigenvalue weighted by Crippen LogP contribution is 2.28. The number of benzene rings is 1. The van der Waals surface area contributed by atoms with E-state index in [0.717, 1.165) is 0 Å². The molecule has 0 unspecified atom stereocenters. The maximum atomic E-state index is 13.1. The van der Waals surface area contributed by atoms with Crippen LogP contribution in [-0.2, 0) is 0 Å². The van der Waals surface area contributed by atoms with Gasteiger partial charge >= 0.3 is 8.74 Å². The minimum atomic E-state index is -5.21. The molecule has 0 saturated carbocycles. The molecule has 0 aliphatic heterocycles. The second-order valence-electron chi connectivity index (χ2n) is 2.83. The van der Waals surface area contributed by atoms with Gasteiger partial charge in [-0.05, 0) is 6.55 Å². The Morgan fingerprint density at radius 1 is 0.867 bits per heavy atom. The lowest BCUT2D eigenvalue weighted by Crippen LogP contribution is -2.40. The third-order valence-corrected chi connectivity index (χ3v) is 3.84. The summed E-state index contributed by atoms with van der Waals surface area (Å²) in [7, 11) is -5.21. The number of rotatable bonds is 1. The SMILES string of the molecule is C[Si](F)(F)c1c(F)c(Cl)c(F)c(F)c1Cl. The van der Waals surface area contributed by atoms with Crippen LogP contribution in [0.25, 0.3) is 0 Å². The number of hydrogen-bond acceptors (Lipinski definition) is 0. The zero-order valence-corrected chi connectivity index (χ0v) is 9.66. The molecular weight excluding hydrogens is 278 g/mol. The summed E-state index contributed by atoms with van der Waals surface area (Å²) in [5.74, 6) is -5.21. The maximum Gasteiger partial charge on any atom is 0.457 e. The molecular formula is C7H3Cl2F5Si. The van der Waals surface area contributed by atoms with Crippen LogP contribution >= 0.6 is 23.2 Å². The third-order valence-electron chi connectivity index (χ3n) is 1.65. The van der Waals surface area contributed by atoms with E-state index in [1.54, 1.807) is 0 Å². The van der Waals surface area contributed by atoms with Crippen molar-refractivity contribution in [3.8, 4) is 0 Å². The molecule has 0 aromatic heterocycles. The molecule has 0 saturated heterocycles. The average molecular weight is 281 g/mol. The van der Waals surface area contributed by atoms with E-state index in [0.29, 0.717) is 6.55 Å². The van der Waals surface area contributed by atoms with E-state index in [1.165, 1.54) is 0 Å². The topological polar surface area (TPSA) is 0 Å². The van der Waals surface area contributed by atoms with Crippen molar-refractivity contribution in [1.82, 2.24) is 0 Å². The quantitative estimate of drug-likeness (QED) is 0.242. The highest BCUT2D eigenvalue weighted by molar-refractivity contribution is 6.81. The van der Waals surface area contributed by atoms with Crippen LogP contribution in [0.2, 0.25) is 16.6 Å². The van der Waals surface area contributed by atoms with Crippen LogP contribution in [0.3, 0.4) is 0 Å². The molecule has 0 aliphatic carbocycles. The van der Waals surface area contributed by atoms with Gasteiger partial charge in [-0.3, -0.25) is 8.22 Å². The van der Waals surface area contributed by atoms with Crippen LogP contribution in [0, 0.1) is 17.5 Å². The van der Waals surface area contributed by atoms with Gasteiger partial charge in [0, 0.05) is 0 Å². The summed E-state index contributed by atoms with van der Waals surface area (Å²) in [5, 5.41) is -3.86. The van der Waals surface area contributed by atoms with E-state index in [9.17, 15) is 21.4 Å². The molecule has 0 atom stereocenters. The van der Waals surface area contributed by atoms with Gasteiger partial charge in [-0.25, -0.2) is 13.2 Å². The molecule has 0 N–H and O–H groups in total. The Bertz CT molecular complexity index is 386. The first-order chi connectivity index (χ1) is 6.68. The molecule has 0 spiro atoms. The first-order valence-corrected chi connectivity index (χ1v) is 6.58. The second-order valence-corrected chi connectivity index (χ2v) is 5.87. The van der Waals surface area contributed by atoms with Crippen LogP contribution in [-0.4, -0.2) is 8.74 Å².